The van der Waals surface area contributed by atoms with E-state index in [-0.39, 0.29) is 11.9 Å². The van der Waals surface area contributed by atoms with Crippen LogP contribution >= 0.6 is 11.8 Å². The molecule has 0 radical (unpaired) electrons. The van der Waals surface area contributed by atoms with Crippen molar-refractivity contribution in [1.29, 1.82) is 0 Å². The second kappa shape index (κ2) is 6.81. The summed E-state index contributed by atoms with van der Waals surface area (Å²) in [5, 5.41) is 3.30. The number of hydrogen-bond donors (Lipinski definition) is 1. The molecular weight excluding hydrogens is 244 g/mol. The van der Waals surface area contributed by atoms with Crippen LogP contribution in [-0.4, -0.2) is 42.1 Å². The van der Waals surface area contributed by atoms with Crippen LogP contribution in [0.4, 0.5) is 0 Å². The highest BCUT2D eigenvalue weighted by atomic mass is 32.2. The predicted octanol–water partition coefficient (Wildman–Crippen LogP) is 1.74. The number of thioether (sulfide) groups is 1. The highest BCUT2D eigenvalue weighted by Crippen LogP contribution is 2.11. The van der Waals surface area contributed by atoms with Gasteiger partial charge in [0.2, 0.25) is 5.91 Å². The Labute approximate surface area is 113 Å². The van der Waals surface area contributed by atoms with Gasteiger partial charge in [0.05, 0.1) is 12.7 Å². The van der Waals surface area contributed by atoms with E-state index in [1.807, 2.05) is 34.9 Å². The van der Waals surface area contributed by atoms with Gasteiger partial charge in [-0.15, -0.1) is 0 Å². The third-order valence-corrected chi connectivity index (χ3v) is 3.89. The summed E-state index contributed by atoms with van der Waals surface area (Å²) in [7, 11) is 0. The summed E-state index contributed by atoms with van der Waals surface area (Å²) in [6.07, 6.45) is 3.97. The molecule has 0 saturated carbocycles. The summed E-state index contributed by atoms with van der Waals surface area (Å²) >= 11 is 1.83. The average molecular weight is 264 g/mol. The van der Waals surface area contributed by atoms with E-state index in [0.29, 0.717) is 6.67 Å². The molecule has 3 nitrogen and oxygen atoms in total. The van der Waals surface area contributed by atoms with Gasteiger partial charge in [0.25, 0.3) is 0 Å². The second-order valence-electron chi connectivity index (χ2n) is 4.55. The molecule has 1 saturated heterocycles. The van der Waals surface area contributed by atoms with E-state index >= 15 is 0 Å². The number of nitrogens with zero attached hydrogens (tertiary/aromatic N) is 1. The lowest BCUT2D eigenvalue weighted by Gasteiger charge is -2.14. The minimum atomic E-state index is -0.0401. The van der Waals surface area contributed by atoms with Gasteiger partial charge in [-0.2, -0.15) is 11.8 Å². The van der Waals surface area contributed by atoms with Crippen molar-refractivity contribution < 1.29 is 4.79 Å². The maximum Gasteiger partial charge on any atom is 0.241 e. The first-order valence-corrected chi connectivity index (χ1v) is 7.75. The molecule has 1 fully saturated rings. The van der Waals surface area contributed by atoms with Crippen LogP contribution in [0.15, 0.2) is 30.3 Å². The van der Waals surface area contributed by atoms with Crippen molar-refractivity contribution in [3.8, 4) is 0 Å². The average Bonchev–Trinajstić information content (AvgIpc) is 2.73. The van der Waals surface area contributed by atoms with Crippen LogP contribution in [0.25, 0.3) is 0 Å². The van der Waals surface area contributed by atoms with Crippen LogP contribution < -0.4 is 5.32 Å². The zero-order valence-corrected chi connectivity index (χ0v) is 11.6. The number of benzene rings is 1. The Kier molecular flexibility index (Phi) is 5.08. The van der Waals surface area contributed by atoms with Crippen molar-refractivity contribution >= 4 is 17.7 Å². The highest BCUT2D eigenvalue weighted by molar-refractivity contribution is 7.98. The second-order valence-corrected chi connectivity index (χ2v) is 5.54. The van der Waals surface area contributed by atoms with Gasteiger partial charge in [-0.3, -0.25) is 10.1 Å². The van der Waals surface area contributed by atoms with Crippen molar-refractivity contribution in [2.75, 3.05) is 25.2 Å². The first-order chi connectivity index (χ1) is 8.81. The summed E-state index contributed by atoms with van der Waals surface area (Å²) < 4.78 is 0. The molecule has 1 aromatic carbocycles. The van der Waals surface area contributed by atoms with Gasteiger partial charge in [0, 0.05) is 6.54 Å². The Bertz CT molecular complexity index is 383. The van der Waals surface area contributed by atoms with Gasteiger partial charge in [-0.25, -0.2) is 0 Å². The van der Waals surface area contributed by atoms with E-state index in [0.717, 1.165) is 25.1 Å². The molecule has 0 bridgehead atoms. The third-order valence-electron chi connectivity index (χ3n) is 3.20. The molecule has 0 spiro atoms. The predicted molar refractivity (Wildman–Crippen MR) is 76.6 cm³/mol. The molecule has 1 heterocycles. The number of amides is 1. The maximum absolute atomic E-state index is 12.2. The number of rotatable bonds is 6. The van der Waals surface area contributed by atoms with Gasteiger partial charge in [0.1, 0.15) is 0 Å². The molecule has 1 aliphatic heterocycles. The minimum Gasteiger partial charge on any atom is -0.329 e. The molecule has 1 unspecified atom stereocenters. The van der Waals surface area contributed by atoms with E-state index in [2.05, 4.69) is 23.7 Å². The zero-order valence-electron chi connectivity index (χ0n) is 10.8. The van der Waals surface area contributed by atoms with Crippen molar-refractivity contribution in [1.82, 2.24) is 10.2 Å². The minimum absolute atomic E-state index is 0.0401. The summed E-state index contributed by atoms with van der Waals surface area (Å²) in [5.41, 5.74) is 1.22. The summed E-state index contributed by atoms with van der Waals surface area (Å²) in [4.78, 5) is 14.1. The van der Waals surface area contributed by atoms with E-state index < -0.39 is 0 Å². The molecule has 1 aromatic rings. The van der Waals surface area contributed by atoms with E-state index in [9.17, 15) is 4.79 Å². The van der Waals surface area contributed by atoms with Gasteiger partial charge >= 0.3 is 0 Å². The fraction of sp³-hybridized carbons (Fsp3) is 0.500. The lowest BCUT2D eigenvalue weighted by molar-refractivity contribution is -0.128. The largest absolute Gasteiger partial charge is 0.329 e. The molecule has 0 aliphatic carbocycles. The van der Waals surface area contributed by atoms with E-state index in [1.54, 1.807) is 0 Å². The number of hydrogen-bond acceptors (Lipinski definition) is 3. The smallest absolute Gasteiger partial charge is 0.241 e. The summed E-state index contributed by atoms with van der Waals surface area (Å²) in [5.74, 6) is 1.37. The first kappa shape index (κ1) is 13.4. The van der Waals surface area contributed by atoms with Crippen LogP contribution in [0.3, 0.4) is 0 Å². The Morgan fingerprint density at radius 2 is 2.17 bits per heavy atom. The fourth-order valence-electron chi connectivity index (χ4n) is 2.20. The quantitative estimate of drug-likeness (QED) is 0.794. The van der Waals surface area contributed by atoms with Crippen LogP contribution in [0, 0.1) is 0 Å². The Morgan fingerprint density at radius 1 is 1.39 bits per heavy atom. The monoisotopic (exact) mass is 264 g/mol. The highest BCUT2D eigenvalue weighted by Gasteiger charge is 2.30. The lowest BCUT2D eigenvalue weighted by Crippen LogP contribution is -2.32. The number of carbonyl (C=O) groups is 1. The Morgan fingerprint density at radius 3 is 2.89 bits per heavy atom. The molecule has 18 heavy (non-hydrogen) atoms. The van der Waals surface area contributed by atoms with Crippen LogP contribution in [0.2, 0.25) is 0 Å². The molecule has 1 N–H and O–H groups in total. The zero-order chi connectivity index (χ0) is 12.8. The third kappa shape index (κ3) is 3.50. The number of nitrogens with one attached hydrogen (secondary N) is 1. The Balaban J connectivity index is 1.83. The lowest BCUT2D eigenvalue weighted by atomic mass is 10.1. The van der Waals surface area contributed by atoms with E-state index in [1.165, 1.54) is 5.56 Å². The molecule has 1 atom stereocenters. The molecular formula is C14H20N2OS. The molecule has 1 aliphatic rings. The van der Waals surface area contributed by atoms with Crippen molar-refractivity contribution in [3.63, 3.8) is 0 Å². The van der Waals surface area contributed by atoms with Crippen LogP contribution in [0.5, 0.6) is 0 Å². The maximum atomic E-state index is 12.2. The molecule has 2 rings (SSSR count). The molecule has 0 aromatic heterocycles. The fourth-order valence-corrected chi connectivity index (χ4v) is 2.62. The van der Waals surface area contributed by atoms with Gasteiger partial charge in [0.15, 0.2) is 0 Å². The molecule has 1 amide bonds. The van der Waals surface area contributed by atoms with Gasteiger partial charge in [-0.1, -0.05) is 30.3 Å². The van der Waals surface area contributed by atoms with Crippen molar-refractivity contribution in [3.05, 3.63) is 35.9 Å². The SMILES string of the molecule is CSCCCN1CNC(Cc2ccccc2)C1=O. The van der Waals surface area contributed by atoms with Gasteiger partial charge in [-0.05, 0) is 30.4 Å². The van der Waals surface area contributed by atoms with Crippen LogP contribution in [-0.2, 0) is 11.2 Å². The van der Waals surface area contributed by atoms with E-state index in [4.69, 9.17) is 0 Å². The van der Waals surface area contributed by atoms with Crippen molar-refractivity contribution in [2.24, 2.45) is 0 Å². The number of carbonyl (C=O) groups excluding carboxylic acids is 1. The molecule has 98 valence electrons. The molecule has 4 heteroatoms. The van der Waals surface area contributed by atoms with Crippen molar-refractivity contribution in [2.45, 2.75) is 18.9 Å². The van der Waals surface area contributed by atoms with Gasteiger partial charge < -0.3 is 4.90 Å². The normalized spacial score (nSPS) is 19.5. The summed E-state index contributed by atoms with van der Waals surface area (Å²) in [6, 6.07) is 10.1. The topological polar surface area (TPSA) is 32.3 Å². The Hall–Kier alpha value is -1.00. The summed E-state index contributed by atoms with van der Waals surface area (Å²) in [6.45, 7) is 1.57. The standard InChI is InChI=1S/C14H20N2OS/c1-18-9-5-8-16-11-15-13(14(16)17)10-12-6-3-2-4-7-12/h2-4,6-7,13,15H,5,8-11H2,1H3. The van der Waals surface area contributed by atoms with Crippen LogP contribution in [0.1, 0.15) is 12.0 Å². The first-order valence-electron chi connectivity index (χ1n) is 6.36.